The Balaban J connectivity index is 1.73. The quantitative estimate of drug-likeness (QED) is 0.771. The van der Waals surface area contributed by atoms with Gasteiger partial charge in [-0.05, 0) is 41.5 Å². The van der Waals surface area contributed by atoms with E-state index in [1.807, 2.05) is 30.0 Å². The van der Waals surface area contributed by atoms with Crippen molar-refractivity contribution in [1.29, 1.82) is 0 Å². The van der Waals surface area contributed by atoms with E-state index in [0.717, 1.165) is 29.8 Å². The van der Waals surface area contributed by atoms with E-state index in [-0.39, 0.29) is 11.8 Å². The summed E-state index contributed by atoms with van der Waals surface area (Å²) in [6.45, 7) is 9.70. The molecule has 1 aliphatic rings. The Morgan fingerprint density at radius 1 is 1.07 bits per heavy atom. The first-order chi connectivity index (χ1) is 13.4. The van der Waals surface area contributed by atoms with Gasteiger partial charge in [-0.3, -0.25) is 9.59 Å². The van der Waals surface area contributed by atoms with Crippen LogP contribution in [0.4, 0.5) is 5.69 Å². The molecule has 1 heterocycles. The van der Waals surface area contributed by atoms with E-state index in [2.05, 4.69) is 38.1 Å². The number of para-hydroxylation sites is 1. The van der Waals surface area contributed by atoms with Crippen molar-refractivity contribution in [2.75, 3.05) is 18.0 Å². The van der Waals surface area contributed by atoms with Crippen molar-refractivity contribution in [3.8, 4) is 0 Å². The van der Waals surface area contributed by atoms with E-state index in [1.54, 1.807) is 11.8 Å². The third-order valence-electron chi connectivity index (χ3n) is 5.57. The average molecular weight is 379 g/mol. The maximum atomic E-state index is 12.9. The van der Waals surface area contributed by atoms with Crippen molar-refractivity contribution in [2.45, 2.75) is 53.0 Å². The number of aryl methyl sites for hydroxylation is 1. The molecule has 0 N–H and O–H groups in total. The average Bonchev–Trinajstić information content (AvgIpc) is 2.68. The van der Waals surface area contributed by atoms with Gasteiger partial charge in [0.25, 0.3) is 0 Å². The highest BCUT2D eigenvalue weighted by molar-refractivity contribution is 5.94. The lowest BCUT2D eigenvalue weighted by Crippen LogP contribution is -2.39. The zero-order valence-electron chi connectivity index (χ0n) is 17.4. The zero-order chi connectivity index (χ0) is 20.3. The fourth-order valence-corrected chi connectivity index (χ4v) is 4.02. The fraction of sp³-hybridized carbons (Fsp3) is 0.417. The molecule has 2 amide bonds. The van der Waals surface area contributed by atoms with Crippen LogP contribution in [0.2, 0.25) is 0 Å². The van der Waals surface area contributed by atoms with Gasteiger partial charge in [-0.25, -0.2) is 0 Å². The highest BCUT2D eigenvalue weighted by Crippen LogP contribution is 2.31. The molecule has 0 aromatic heterocycles. The monoisotopic (exact) mass is 378 g/mol. The van der Waals surface area contributed by atoms with Gasteiger partial charge < -0.3 is 9.80 Å². The summed E-state index contributed by atoms with van der Waals surface area (Å²) >= 11 is 0. The lowest BCUT2D eigenvalue weighted by molar-refractivity contribution is -0.131. The van der Waals surface area contributed by atoms with Gasteiger partial charge in [0.2, 0.25) is 11.8 Å². The second kappa shape index (κ2) is 8.59. The number of nitrogens with zero attached hydrogens (tertiary/aromatic N) is 2. The molecule has 1 aliphatic heterocycles. The largest absolute Gasteiger partial charge is 0.338 e. The molecule has 2 aromatic rings. The van der Waals surface area contributed by atoms with E-state index in [0.29, 0.717) is 25.4 Å². The summed E-state index contributed by atoms with van der Waals surface area (Å²) in [5.74, 6) is 0.402. The number of anilines is 1. The second-order valence-corrected chi connectivity index (χ2v) is 7.92. The maximum absolute atomic E-state index is 12.9. The van der Waals surface area contributed by atoms with Gasteiger partial charge >= 0.3 is 0 Å². The van der Waals surface area contributed by atoms with Gasteiger partial charge in [0.05, 0.1) is 0 Å². The van der Waals surface area contributed by atoms with Gasteiger partial charge in [-0.2, -0.15) is 0 Å². The zero-order valence-corrected chi connectivity index (χ0v) is 17.4. The molecule has 2 aromatic carbocycles. The normalized spacial score (nSPS) is 13.4. The number of carbonyl (C=O) groups excluding carboxylic acids is 2. The minimum Gasteiger partial charge on any atom is -0.338 e. The predicted octanol–water partition coefficient (Wildman–Crippen LogP) is 4.45. The second-order valence-electron chi connectivity index (χ2n) is 7.92. The minimum absolute atomic E-state index is 0.0204. The van der Waals surface area contributed by atoms with Gasteiger partial charge in [0, 0.05) is 38.7 Å². The van der Waals surface area contributed by atoms with Crippen LogP contribution in [0.25, 0.3) is 0 Å². The predicted molar refractivity (Wildman–Crippen MR) is 113 cm³/mol. The third-order valence-corrected chi connectivity index (χ3v) is 5.57. The number of amides is 2. The van der Waals surface area contributed by atoms with Crippen LogP contribution in [-0.4, -0.2) is 29.8 Å². The van der Waals surface area contributed by atoms with E-state index in [1.165, 1.54) is 11.1 Å². The standard InChI is InChI=1S/C24H30N2O2/c1-17(2)22-11-7-8-18(3)24(22)26(19(4)27)15-13-23(28)25-14-12-20-9-5-6-10-21(20)16-25/h5-11,17H,12-16H2,1-4H3. The molecule has 0 bridgehead atoms. The minimum atomic E-state index is -0.0204. The molecular weight excluding hydrogens is 348 g/mol. The van der Waals surface area contributed by atoms with Crippen molar-refractivity contribution < 1.29 is 9.59 Å². The van der Waals surface area contributed by atoms with E-state index < -0.39 is 0 Å². The molecule has 28 heavy (non-hydrogen) atoms. The first kappa shape index (κ1) is 20.1. The molecule has 0 aliphatic carbocycles. The third kappa shape index (κ3) is 4.27. The smallest absolute Gasteiger partial charge is 0.224 e. The van der Waals surface area contributed by atoms with Crippen molar-refractivity contribution in [3.63, 3.8) is 0 Å². The van der Waals surface area contributed by atoms with E-state index in [9.17, 15) is 9.59 Å². The number of rotatable bonds is 5. The molecule has 0 atom stereocenters. The summed E-state index contributed by atoms with van der Waals surface area (Å²) < 4.78 is 0. The molecule has 3 rings (SSSR count). The molecule has 0 fully saturated rings. The van der Waals surface area contributed by atoms with Crippen molar-refractivity contribution in [2.24, 2.45) is 0 Å². The van der Waals surface area contributed by atoms with E-state index in [4.69, 9.17) is 0 Å². The summed E-state index contributed by atoms with van der Waals surface area (Å²) in [6.07, 6.45) is 1.24. The molecule has 0 saturated heterocycles. The van der Waals surface area contributed by atoms with Crippen LogP contribution in [0.15, 0.2) is 42.5 Å². The van der Waals surface area contributed by atoms with Gasteiger partial charge in [0.1, 0.15) is 0 Å². The Morgan fingerprint density at radius 2 is 1.79 bits per heavy atom. The lowest BCUT2D eigenvalue weighted by atomic mass is 9.97. The van der Waals surface area contributed by atoms with Crippen LogP contribution in [0.3, 0.4) is 0 Å². The van der Waals surface area contributed by atoms with Gasteiger partial charge in [-0.1, -0.05) is 56.3 Å². The molecule has 4 nitrogen and oxygen atoms in total. The first-order valence-electron chi connectivity index (χ1n) is 10.1. The van der Waals surface area contributed by atoms with Crippen LogP contribution in [0.5, 0.6) is 0 Å². The summed E-state index contributed by atoms with van der Waals surface area (Å²) in [5, 5.41) is 0. The number of benzene rings is 2. The highest BCUT2D eigenvalue weighted by Gasteiger charge is 2.23. The number of fused-ring (bicyclic) bond motifs is 1. The summed E-state index contributed by atoms with van der Waals surface area (Å²) in [5.41, 5.74) is 5.74. The molecule has 0 spiro atoms. The molecule has 4 heteroatoms. The summed E-state index contributed by atoms with van der Waals surface area (Å²) in [4.78, 5) is 29.0. The van der Waals surface area contributed by atoms with Crippen molar-refractivity contribution >= 4 is 17.5 Å². The first-order valence-corrected chi connectivity index (χ1v) is 10.1. The van der Waals surface area contributed by atoms with Crippen LogP contribution >= 0.6 is 0 Å². The maximum Gasteiger partial charge on any atom is 0.224 e. The number of carbonyl (C=O) groups is 2. The van der Waals surface area contributed by atoms with Gasteiger partial charge in [0.15, 0.2) is 0 Å². The highest BCUT2D eigenvalue weighted by atomic mass is 16.2. The Hall–Kier alpha value is -2.62. The van der Waals surface area contributed by atoms with Gasteiger partial charge in [-0.15, -0.1) is 0 Å². The summed E-state index contributed by atoms with van der Waals surface area (Å²) in [6, 6.07) is 14.4. The van der Waals surface area contributed by atoms with Crippen LogP contribution in [-0.2, 0) is 22.6 Å². The topological polar surface area (TPSA) is 40.6 Å². The molecule has 148 valence electrons. The van der Waals surface area contributed by atoms with Crippen LogP contribution < -0.4 is 4.90 Å². The molecule has 0 radical (unpaired) electrons. The number of hydrogen-bond donors (Lipinski definition) is 0. The van der Waals surface area contributed by atoms with Crippen LogP contribution in [0.1, 0.15) is 55.4 Å². The molecule has 0 saturated carbocycles. The van der Waals surface area contributed by atoms with Crippen molar-refractivity contribution in [3.05, 3.63) is 64.7 Å². The van der Waals surface area contributed by atoms with Crippen LogP contribution in [0, 0.1) is 6.92 Å². The molecule has 0 unspecified atom stereocenters. The summed E-state index contributed by atoms with van der Waals surface area (Å²) in [7, 11) is 0. The van der Waals surface area contributed by atoms with Crippen molar-refractivity contribution in [1.82, 2.24) is 4.90 Å². The Kier molecular flexibility index (Phi) is 6.18. The Bertz CT molecular complexity index is 873. The Labute approximate surface area is 168 Å². The lowest BCUT2D eigenvalue weighted by Gasteiger charge is -2.31. The number of hydrogen-bond acceptors (Lipinski definition) is 2. The Morgan fingerprint density at radius 3 is 2.46 bits per heavy atom. The van der Waals surface area contributed by atoms with E-state index >= 15 is 0 Å². The SMILES string of the molecule is CC(=O)N(CCC(=O)N1CCc2ccccc2C1)c1c(C)cccc1C(C)C. The molecular formula is C24H30N2O2. The fourth-order valence-electron chi connectivity index (χ4n) is 4.02.